The number of hydrogen-bond donors (Lipinski definition) is 1. The Labute approximate surface area is 97.6 Å². The first-order chi connectivity index (χ1) is 8.25. The molecule has 0 saturated carbocycles. The van der Waals surface area contributed by atoms with Gasteiger partial charge in [0.15, 0.2) is 0 Å². The van der Waals surface area contributed by atoms with Crippen molar-refractivity contribution in [3.8, 4) is 11.3 Å². The van der Waals surface area contributed by atoms with E-state index in [1.807, 2.05) is 42.1 Å². The minimum atomic E-state index is -0.136. The van der Waals surface area contributed by atoms with Gasteiger partial charge in [-0.3, -0.25) is 4.79 Å². The van der Waals surface area contributed by atoms with Gasteiger partial charge < -0.3 is 9.55 Å². The predicted octanol–water partition coefficient (Wildman–Crippen LogP) is 1.93. The molecule has 84 valence electrons. The summed E-state index contributed by atoms with van der Waals surface area (Å²) in [7, 11) is 1.99. The summed E-state index contributed by atoms with van der Waals surface area (Å²) in [6.07, 6.45) is 3.42. The highest BCUT2D eigenvalue weighted by Gasteiger charge is 2.08. The van der Waals surface area contributed by atoms with Crippen LogP contribution < -0.4 is 5.56 Å². The second-order valence-electron chi connectivity index (χ2n) is 3.97. The van der Waals surface area contributed by atoms with Crippen molar-refractivity contribution in [2.45, 2.75) is 0 Å². The number of aromatic nitrogens is 3. The van der Waals surface area contributed by atoms with Crippen molar-refractivity contribution >= 4 is 10.9 Å². The van der Waals surface area contributed by atoms with Crippen molar-refractivity contribution in [2.24, 2.45) is 7.05 Å². The van der Waals surface area contributed by atoms with Gasteiger partial charge in [-0.1, -0.05) is 18.2 Å². The lowest BCUT2D eigenvalue weighted by Crippen LogP contribution is -2.04. The maximum atomic E-state index is 11.3. The van der Waals surface area contributed by atoms with E-state index in [9.17, 15) is 4.79 Å². The molecule has 0 atom stereocenters. The summed E-state index contributed by atoms with van der Waals surface area (Å²) in [5.41, 5.74) is 2.67. The zero-order chi connectivity index (χ0) is 11.8. The number of benzene rings is 1. The zero-order valence-corrected chi connectivity index (χ0v) is 9.34. The summed E-state index contributed by atoms with van der Waals surface area (Å²) in [6, 6.07) is 9.58. The van der Waals surface area contributed by atoms with Gasteiger partial charge in [-0.2, -0.15) is 0 Å². The van der Waals surface area contributed by atoms with E-state index >= 15 is 0 Å². The molecular weight excluding hydrogens is 214 g/mol. The van der Waals surface area contributed by atoms with Crippen molar-refractivity contribution in [1.29, 1.82) is 0 Å². The topological polar surface area (TPSA) is 50.7 Å². The van der Waals surface area contributed by atoms with Crippen LogP contribution in [0.4, 0.5) is 0 Å². The van der Waals surface area contributed by atoms with Crippen LogP contribution in [0, 0.1) is 0 Å². The molecule has 1 aromatic carbocycles. The van der Waals surface area contributed by atoms with Crippen LogP contribution in [-0.2, 0) is 7.05 Å². The number of H-pyrrole nitrogens is 1. The van der Waals surface area contributed by atoms with Gasteiger partial charge in [-0.25, -0.2) is 4.98 Å². The van der Waals surface area contributed by atoms with Crippen LogP contribution in [-0.4, -0.2) is 14.5 Å². The van der Waals surface area contributed by atoms with Gasteiger partial charge in [-0.05, 0) is 6.07 Å². The van der Waals surface area contributed by atoms with E-state index in [0.29, 0.717) is 5.69 Å². The summed E-state index contributed by atoms with van der Waals surface area (Å²) >= 11 is 0. The lowest BCUT2D eigenvalue weighted by atomic mass is 10.1. The predicted molar refractivity (Wildman–Crippen MR) is 66.8 cm³/mol. The molecule has 1 N–H and O–H groups in total. The zero-order valence-electron chi connectivity index (χ0n) is 9.34. The molecule has 0 unspecified atom stereocenters. The molecule has 4 nitrogen and oxygen atoms in total. The van der Waals surface area contributed by atoms with E-state index in [4.69, 9.17) is 0 Å². The summed E-state index contributed by atoms with van der Waals surface area (Å²) in [5, 5.41) is 1.10. The molecule has 0 spiro atoms. The number of aromatic amines is 1. The molecular formula is C13H11N3O. The Morgan fingerprint density at radius 2 is 2.12 bits per heavy atom. The Morgan fingerprint density at radius 1 is 1.29 bits per heavy atom. The Balaban J connectivity index is 2.35. The van der Waals surface area contributed by atoms with Crippen LogP contribution in [0.25, 0.3) is 22.2 Å². The van der Waals surface area contributed by atoms with Gasteiger partial charge in [-0.15, -0.1) is 0 Å². The van der Waals surface area contributed by atoms with Crippen molar-refractivity contribution in [3.63, 3.8) is 0 Å². The minimum absolute atomic E-state index is 0.136. The Bertz CT molecular complexity index is 740. The molecule has 4 heteroatoms. The van der Waals surface area contributed by atoms with Gasteiger partial charge in [0, 0.05) is 35.8 Å². The number of hydrogen-bond acceptors (Lipinski definition) is 2. The minimum Gasteiger partial charge on any atom is -0.350 e. The molecule has 0 radical (unpaired) electrons. The average Bonchev–Trinajstić information content (AvgIpc) is 2.68. The van der Waals surface area contributed by atoms with Gasteiger partial charge in [0.25, 0.3) is 5.56 Å². The van der Waals surface area contributed by atoms with Crippen LogP contribution in [0.15, 0.2) is 47.7 Å². The number of rotatable bonds is 1. The SMILES string of the molecule is Cn1cc(-c2cc(=O)[nH]cn2)c2ccccc21. The quantitative estimate of drug-likeness (QED) is 0.688. The molecule has 3 aromatic rings. The highest BCUT2D eigenvalue weighted by atomic mass is 16.1. The maximum Gasteiger partial charge on any atom is 0.251 e. The third-order valence-electron chi connectivity index (χ3n) is 2.85. The van der Waals surface area contributed by atoms with Crippen molar-refractivity contribution in [2.75, 3.05) is 0 Å². The number of fused-ring (bicyclic) bond motifs is 1. The van der Waals surface area contributed by atoms with E-state index < -0.39 is 0 Å². The number of nitrogens with zero attached hydrogens (tertiary/aromatic N) is 2. The lowest BCUT2D eigenvalue weighted by Gasteiger charge is -1.96. The van der Waals surface area contributed by atoms with Crippen LogP contribution in [0.1, 0.15) is 0 Å². The molecule has 0 aliphatic rings. The molecule has 0 fully saturated rings. The monoisotopic (exact) mass is 225 g/mol. The van der Waals surface area contributed by atoms with Crippen molar-refractivity contribution in [3.05, 3.63) is 53.2 Å². The molecule has 17 heavy (non-hydrogen) atoms. The van der Waals surface area contributed by atoms with Crippen LogP contribution in [0.5, 0.6) is 0 Å². The van der Waals surface area contributed by atoms with Gasteiger partial charge >= 0.3 is 0 Å². The Kier molecular flexibility index (Phi) is 2.08. The molecule has 0 bridgehead atoms. The lowest BCUT2D eigenvalue weighted by molar-refractivity contribution is 0.969. The molecule has 2 aromatic heterocycles. The fraction of sp³-hybridized carbons (Fsp3) is 0.0769. The van der Waals surface area contributed by atoms with Crippen LogP contribution in [0.2, 0.25) is 0 Å². The third-order valence-corrected chi connectivity index (χ3v) is 2.85. The smallest absolute Gasteiger partial charge is 0.251 e. The fourth-order valence-electron chi connectivity index (χ4n) is 2.06. The first-order valence-corrected chi connectivity index (χ1v) is 5.35. The number of nitrogens with one attached hydrogen (secondary N) is 1. The van der Waals surface area contributed by atoms with E-state index in [-0.39, 0.29) is 5.56 Å². The van der Waals surface area contributed by atoms with Gasteiger partial charge in [0.05, 0.1) is 12.0 Å². The average molecular weight is 225 g/mol. The summed E-state index contributed by atoms with van der Waals surface area (Å²) in [6.45, 7) is 0. The third kappa shape index (κ3) is 1.54. The first kappa shape index (κ1) is 9.84. The largest absolute Gasteiger partial charge is 0.350 e. The molecule has 0 aliphatic carbocycles. The van der Waals surface area contributed by atoms with Crippen LogP contribution >= 0.6 is 0 Å². The highest BCUT2D eigenvalue weighted by Crippen LogP contribution is 2.27. The summed E-state index contributed by atoms with van der Waals surface area (Å²) in [5.74, 6) is 0. The van der Waals surface area contributed by atoms with E-state index in [1.165, 1.54) is 12.4 Å². The Morgan fingerprint density at radius 3 is 2.94 bits per heavy atom. The normalized spacial score (nSPS) is 10.9. The van der Waals surface area contributed by atoms with Gasteiger partial charge in [0.2, 0.25) is 0 Å². The second-order valence-corrected chi connectivity index (χ2v) is 3.97. The van der Waals surface area contributed by atoms with E-state index in [0.717, 1.165) is 16.5 Å². The molecule has 3 rings (SSSR count). The number of para-hydroxylation sites is 1. The van der Waals surface area contributed by atoms with Gasteiger partial charge in [0.1, 0.15) is 0 Å². The number of aryl methyl sites for hydroxylation is 1. The van der Waals surface area contributed by atoms with Crippen molar-refractivity contribution in [1.82, 2.24) is 14.5 Å². The van der Waals surface area contributed by atoms with E-state index in [2.05, 4.69) is 9.97 Å². The van der Waals surface area contributed by atoms with Crippen LogP contribution in [0.3, 0.4) is 0 Å². The second kappa shape index (κ2) is 3.59. The standard InChI is InChI=1S/C13H11N3O/c1-16-7-10(9-4-2-3-5-12(9)16)11-6-13(17)15-8-14-11/h2-8H,1H3,(H,14,15,17). The van der Waals surface area contributed by atoms with E-state index in [1.54, 1.807) is 0 Å². The summed E-state index contributed by atoms with van der Waals surface area (Å²) < 4.78 is 2.04. The Hall–Kier alpha value is -2.36. The summed E-state index contributed by atoms with van der Waals surface area (Å²) in [4.78, 5) is 18.0. The molecule has 0 aliphatic heterocycles. The maximum absolute atomic E-state index is 11.3. The highest BCUT2D eigenvalue weighted by molar-refractivity contribution is 5.94. The first-order valence-electron chi connectivity index (χ1n) is 5.35. The van der Waals surface area contributed by atoms with Crippen molar-refractivity contribution < 1.29 is 0 Å². The molecule has 0 saturated heterocycles. The molecule has 0 amide bonds. The fourth-order valence-corrected chi connectivity index (χ4v) is 2.06. The molecule has 2 heterocycles.